The number of amides is 1. The molecule has 3 rings (SSSR count). The van der Waals surface area contributed by atoms with E-state index in [2.05, 4.69) is 20.5 Å². The third-order valence-electron chi connectivity index (χ3n) is 3.10. The Balaban J connectivity index is 1.69. The van der Waals surface area contributed by atoms with E-state index in [-0.39, 0.29) is 18.2 Å². The summed E-state index contributed by atoms with van der Waals surface area (Å²) in [4.78, 5) is 16.2. The van der Waals surface area contributed by atoms with E-state index >= 15 is 0 Å². The van der Waals surface area contributed by atoms with Gasteiger partial charge in [0.25, 0.3) is 5.91 Å². The molecule has 0 aliphatic heterocycles. The number of aromatic nitrogens is 3. The molecule has 0 spiro atoms. The van der Waals surface area contributed by atoms with Gasteiger partial charge in [-0.05, 0) is 29.8 Å². The molecule has 0 unspecified atom stereocenters. The van der Waals surface area contributed by atoms with Crippen LogP contribution >= 0.6 is 23.2 Å². The number of nitrogens with zero attached hydrogens (tertiary/aromatic N) is 2. The van der Waals surface area contributed by atoms with E-state index in [0.717, 1.165) is 5.56 Å². The van der Waals surface area contributed by atoms with Crippen LogP contribution in [0.3, 0.4) is 0 Å². The molecule has 0 saturated carbocycles. The molecule has 8 heteroatoms. The average molecular weight is 363 g/mol. The van der Waals surface area contributed by atoms with E-state index in [9.17, 15) is 4.79 Å². The molecule has 0 fully saturated rings. The number of carbonyl (C=O) groups is 1. The lowest BCUT2D eigenvalue weighted by atomic mass is 10.2. The second kappa shape index (κ2) is 7.33. The van der Waals surface area contributed by atoms with Gasteiger partial charge in [-0.2, -0.15) is 5.10 Å². The number of ether oxygens (including phenoxy) is 1. The van der Waals surface area contributed by atoms with Crippen molar-refractivity contribution in [2.45, 2.75) is 6.61 Å². The lowest BCUT2D eigenvalue weighted by Gasteiger charge is -2.09. The van der Waals surface area contributed by atoms with Gasteiger partial charge in [-0.1, -0.05) is 23.2 Å². The van der Waals surface area contributed by atoms with E-state index in [4.69, 9.17) is 27.9 Å². The minimum Gasteiger partial charge on any atom is -0.487 e. The molecule has 2 N–H and O–H groups in total. The largest absolute Gasteiger partial charge is 0.487 e. The molecule has 2 heterocycles. The topological polar surface area (TPSA) is 79.9 Å². The molecule has 24 heavy (non-hydrogen) atoms. The fourth-order valence-electron chi connectivity index (χ4n) is 1.95. The average Bonchev–Trinajstić information content (AvgIpc) is 3.09. The summed E-state index contributed by atoms with van der Waals surface area (Å²) in [5, 5.41) is 10.1. The van der Waals surface area contributed by atoms with Gasteiger partial charge in [0.1, 0.15) is 18.1 Å². The van der Waals surface area contributed by atoms with Crippen LogP contribution in [0, 0.1) is 0 Å². The van der Waals surface area contributed by atoms with Crippen LogP contribution in [0.5, 0.6) is 5.75 Å². The second-order valence-corrected chi connectivity index (χ2v) is 5.70. The first kappa shape index (κ1) is 16.3. The lowest BCUT2D eigenvalue weighted by Crippen LogP contribution is -2.13. The van der Waals surface area contributed by atoms with Gasteiger partial charge < -0.3 is 10.1 Å². The molecule has 0 bridgehead atoms. The highest BCUT2D eigenvalue weighted by Gasteiger charge is 2.10. The number of anilines is 1. The van der Waals surface area contributed by atoms with Crippen LogP contribution in [-0.2, 0) is 6.61 Å². The fourth-order valence-corrected chi connectivity index (χ4v) is 2.29. The first-order chi connectivity index (χ1) is 11.6. The van der Waals surface area contributed by atoms with Crippen LogP contribution in [0.1, 0.15) is 16.1 Å². The van der Waals surface area contributed by atoms with E-state index in [1.807, 2.05) is 0 Å². The predicted octanol–water partition coefficient (Wildman–Crippen LogP) is 3.94. The normalized spacial score (nSPS) is 10.4. The number of hydrogen-bond donors (Lipinski definition) is 2. The first-order valence-corrected chi connectivity index (χ1v) is 7.70. The van der Waals surface area contributed by atoms with Crippen molar-refractivity contribution in [1.82, 2.24) is 15.2 Å². The van der Waals surface area contributed by atoms with Crippen LogP contribution in [0.2, 0.25) is 10.0 Å². The maximum Gasteiger partial charge on any atom is 0.274 e. The highest BCUT2D eigenvalue weighted by atomic mass is 35.5. The maximum atomic E-state index is 12.1. The molecule has 0 radical (unpaired) electrons. The molecule has 0 aliphatic carbocycles. The van der Waals surface area contributed by atoms with Crippen molar-refractivity contribution in [2.24, 2.45) is 0 Å². The Morgan fingerprint density at radius 1 is 1.25 bits per heavy atom. The molecule has 2 aromatic heterocycles. The van der Waals surface area contributed by atoms with E-state index in [1.165, 1.54) is 6.20 Å². The number of hydrogen-bond acceptors (Lipinski definition) is 4. The van der Waals surface area contributed by atoms with E-state index < -0.39 is 0 Å². The van der Waals surface area contributed by atoms with Crippen LogP contribution < -0.4 is 10.1 Å². The zero-order chi connectivity index (χ0) is 16.9. The van der Waals surface area contributed by atoms with Gasteiger partial charge in [0.2, 0.25) is 0 Å². The predicted molar refractivity (Wildman–Crippen MR) is 91.6 cm³/mol. The number of rotatable bonds is 5. The molecule has 0 atom stereocenters. The number of halogens is 2. The summed E-state index contributed by atoms with van der Waals surface area (Å²) in [5.74, 6) is 0.143. The molecular formula is C16H12Cl2N4O2. The van der Waals surface area contributed by atoms with Crippen LogP contribution in [0.15, 0.2) is 48.9 Å². The highest BCUT2D eigenvalue weighted by molar-refractivity contribution is 6.34. The van der Waals surface area contributed by atoms with Gasteiger partial charge >= 0.3 is 0 Å². The molecule has 122 valence electrons. The van der Waals surface area contributed by atoms with Gasteiger partial charge in [0, 0.05) is 23.5 Å². The summed E-state index contributed by atoms with van der Waals surface area (Å²) in [6, 6.07) is 8.38. The van der Waals surface area contributed by atoms with Crippen LogP contribution in [-0.4, -0.2) is 21.1 Å². The SMILES string of the molecule is O=C(Nc1cn[nH]c1)c1cc(COc2cc(Cl)ccc2Cl)ccn1. The zero-order valence-electron chi connectivity index (χ0n) is 12.3. The van der Waals surface area contributed by atoms with E-state index in [0.29, 0.717) is 21.5 Å². The van der Waals surface area contributed by atoms with Gasteiger partial charge in [-0.15, -0.1) is 0 Å². The number of nitrogens with one attached hydrogen (secondary N) is 2. The second-order valence-electron chi connectivity index (χ2n) is 4.85. The molecule has 0 aliphatic rings. The van der Waals surface area contributed by atoms with Crippen molar-refractivity contribution in [2.75, 3.05) is 5.32 Å². The van der Waals surface area contributed by atoms with Crippen molar-refractivity contribution < 1.29 is 9.53 Å². The van der Waals surface area contributed by atoms with Gasteiger partial charge in [-0.25, -0.2) is 0 Å². The van der Waals surface area contributed by atoms with Crippen molar-refractivity contribution in [3.8, 4) is 5.75 Å². The molecule has 1 amide bonds. The molecule has 1 aromatic carbocycles. The fraction of sp³-hybridized carbons (Fsp3) is 0.0625. The van der Waals surface area contributed by atoms with E-state index in [1.54, 1.807) is 42.7 Å². The Morgan fingerprint density at radius 3 is 2.92 bits per heavy atom. The summed E-state index contributed by atoms with van der Waals surface area (Å²) < 4.78 is 5.65. The summed E-state index contributed by atoms with van der Waals surface area (Å²) in [5.41, 5.74) is 1.61. The van der Waals surface area contributed by atoms with Crippen molar-refractivity contribution in [1.29, 1.82) is 0 Å². The van der Waals surface area contributed by atoms with Crippen molar-refractivity contribution in [3.05, 3.63) is 70.2 Å². The van der Waals surface area contributed by atoms with Gasteiger partial charge in [0.15, 0.2) is 0 Å². The molecule has 6 nitrogen and oxygen atoms in total. The van der Waals surface area contributed by atoms with Gasteiger partial charge in [0.05, 0.1) is 16.9 Å². The summed E-state index contributed by atoms with van der Waals surface area (Å²) in [6.07, 6.45) is 4.63. The van der Waals surface area contributed by atoms with Crippen LogP contribution in [0.4, 0.5) is 5.69 Å². The highest BCUT2D eigenvalue weighted by Crippen LogP contribution is 2.28. The summed E-state index contributed by atoms with van der Waals surface area (Å²) in [6.45, 7) is 0.231. The smallest absolute Gasteiger partial charge is 0.274 e. The van der Waals surface area contributed by atoms with Crippen molar-refractivity contribution in [3.63, 3.8) is 0 Å². The monoisotopic (exact) mass is 362 g/mol. The number of carbonyl (C=O) groups excluding carboxylic acids is 1. The Bertz CT molecular complexity index is 853. The summed E-state index contributed by atoms with van der Waals surface area (Å²) in [7, 11) is 0. The third kappa shape index (κ3) is 4.04. The number of pyridine rings is 1. The van der Waals surface area contributed by atoms with Gasteiger partial charge in [-0.3, -0.25) is 14.9 Å². The number of benzene rings is 1. The third-order valence-corrected chi connectivity index (χ3v) is 3.65. The minimum absolute atomic E-state index is 0.231. The van der Waals surface area contributed by atoms with Crippen LogP contribution in [0.25, 0.3) is 0 Å². The first-order valence-electron chi connectivity index (χ1n) is 6.95. The Labute approximate surface area is 147 Å². The lowest BCUT2D eigenvalue weighted by molar-refractivity contribution is 0.102. The minimum atomic E-state index is -0.334. The quantitative estimate of drug-likeness (QED) is 0.720. The molecular weight excluding hydrogens is 351 g/mol. The number of aromatic amines is 1. The Hall–Kier alpha value is -2.57. The standard InChI is InChI=1S/C16H12Cl2N4O2/c17-11-1-2-13(18)15(6-11)24-9-10-3-4-19-14(5-10)16(23)22-12-7-20-21-8-12/h1-8H,9H2,(H,20,21)(H,22,23). The Morgan fingerprint density at radius 2 is 2.12 bits per heavy atom. The molecule has 3 aromatic rings. The zero-order valence-corrected chi connectivity index (χ0v) is 13.8. The maximum absolute atomic E-state index is 12.1. The van der Waals surface area contributed by atoms with Crippen molar-refractivity contribution >= 4 is 34.8 Å². The molecule has 0 saturated heterocycles. The summed E-state index contributed by atoms with van der Waals surface area (Å²) >= 11 is 12.0. The number of H-pyrrole nitrogens is 1. The Kier molecular flexibility index (Phi) is 4.98.